The Morgan fingerprint density at radius 3 is 2.14 bits per heavy atom. The van der Waals surface area contributed by atoms with Gasteiger partial charge in [-0.25, -0.2) is 0 Å². The van der Waals surface area contributed by atoms with E-state index < -0.39 is 16.7 Å². The van der Waals surface area contributed by atoms with E-state index in [0.29, 0.717) is 17.9 Å². The number of nitro benzene ring substituents is 1. The third-order valence-corrected chi connectivity index (χ3v) is 4.78. The van der Waals surface area contributed by atoms with Crippen LogP contribution in [0.15, 0.2) is 78.9 Å². The molecule has 0 bridgehead atoms. The van der Waals surface area contributed by atoms with Gasteiger partial charge >= 0.3 is 0 Å². The monoisotopic (exact) mass is 494 g/mol. The lowest BCUT2D eigenvalue weighted by Gasteiger charge is -2.12. The van der Waals surface area contributed by atoms with Gasteiger partial charge in [0.05, 0.1) is 11.5 Å². The fourth-order valence-electron chi connectivity index (χ4n) is 2.82. The Bertz CT molecular complexity index is 1170. The van der Waals surface area contributed by atoms with Crippen molar-refractivity contribution in [3.05, 3.63) is 100 Å². The lowest BCUT2D eigenvalue weighted by molar-refractivity contribution is -0.384. The van der Waals surface area contributed by atoms with E-state index >= 15 is 0 Å². The molecule has 0 saturated heterocycles. The zero-order chi connectivity index (χ0) is 25.0. The lowest BCUT2D eigenvalue weighted by Crippen LogP contribution is -2.49. The number of nitrogens with one attached hydrogen (secondary N) is 3. The van der Waals surface area contributed by atoms with Gasteiger partial charge in [0.1, 0.15) is 11.5 Å². The number of hydrogen-bond acceptors (Lipinski definition) is 7. The van der Waals surface area contributed by atoms with Crippen LogP contribution in [0.3, 0.4) is 0 Å². The third-order valence-electron chi connectivity index (χ3n) is 4.58. The van der Waals surface area contributed by atoms with Crippen LogP contribution in [0.4, 0.5) is 5.69 Å². The summed E-state index contributed by atoms with van der Waals surface area (Å²) in [7, 11) is 0. The molecule has 0 atom stereocenters. The van der Waals surface area contributed by atoms with Crippen molar-refractivity contribution in [1.29, 1.82) is 0 Å². The van der Waals surface area contributed by atoms with Gasteiger partial charge in [-0.3, -0.25) is 35.9 Å². The number of non-ortho nitro benzene ring substituents is 1. The van der Waals surface area contributed by atoms with Gasteiger partial charge in [0.25, 0.3) is 17.5 Å². The highest BCUT2D eigenvalue weighted by Crippen LogP contribution is 2.17. The fraction of sp³-hybridized carbons (Fsp3) is 0.125. The van der Waals surface area contributed by atoms with E-state index in [1.807, 2.05) is 30.3 Å². The molecule has 0 aliphatic carbocycles. The van der Waals surface area contributed by atoms with Gasteiger partial charge in [-0.1, -0.05) is 30.3 Å². The van der Waals surface area contributed by atoms with Gasteiger partial charge < -0.3 is 9.47 Å². The van der Waals surface area contributed by atoms with Crippen LogP contribution in [-0.4, -0.2) is 35.1 Å². The highest BCUT2D eigenvalue weighted by molar-refractivity contribution is 7.80. The smallest absolute Gasteiger partial charge is 0.276 e. The molecule has 0 fully saturated rings. The molecule has 0 aromatic heterocycles. The quantitative estimate of drug-likeness (QED) is 0.235. The second-order valence-electron chi connectivity index (χ2n) is 7.10. The normalized spacial score (nSPS) is 10.1. The van der Waals surface area contributed by atoms with Crippen molar-refractivity contribution >= 4 is 34.8 Å². The molecule has 35 heavy (non-hydrogen) atoms. The molecule has 3 N–H and O–H groups in total. The Morgan fingerprint density at radius 2 is 1.49 bits per heavy atom. The average Bonchev–Trinajstić information content (AvgIpc) is 2.87. The van der Waals surface area contributed by atoms with Crippen molar-refractivity contribution in [2.45, 2.75) is 6.42 Å². The van der Waals surface area contributed by atoms with Crippen LogP contribution >= 0.6 is 12.2 Å². The minimum Gasteiger partial charge on any atom is -0.493 e. The first-order chi connectivity index (χ1) is 16.9. The van der Waals surface area contributed by atoms with Gasteiger partial charge in [0.15, 0.2) is 11.7 Å². The van der Waals surface area contributed by atoms with Gasteiger partial charge in [-0.15, -0.1) is 0 Å². The van der Waals surface area contributed by atoms with Crippen molar-refractivity contribution in [1.82, 2.24) is 16.2 Å². The Labute approximate surface area is 206 Å². The van der Waals surface area contributed by atoms with Crippen molar-refractivity contribution in [2.75, 3.05) is 13.2 Å². The van der Waals surface area contributed by atoms with Crippen LogP contribution in [0.25, 0.3) is 0 Å². The first-order valence-corrected chi connectivity index (χ1v) is 10.9. The van der Waals surface area contributed by atoms with E-state index in [1.54, 1.807) is 24.3 Å². The zero-order valence-electron chi connectivity index (χ0n) is 18.4. The molecular weight excluding hydrogens is 472 g/mol. The molecule has 0 aliphatic rings. The molecule has 180 valence electrons. The maximum Gasteiger partial charge on any atom is 0.276 e. The van der Waals surface area contributed by atoms with Crippen LogP contribution in [0.2, 0.25) is 0 Å². The van der Waals surface area contributed by atoms with Crippen molar-refractivity contribution in [3.8, 4) is 11.5 Å². The molecule has 0 spiro atoms. The number of benzene rings is 3. The van der Waals surface area contributed by atoms with Gasteiger partial charge in [0.2, 0.25) is 0 Å². The number of hydrogen-bond donors (Lipinski definition) is 3. The summed E-state index contributed by atoms with van der Waals surface area (Å²) >= 11 is 5.01. The average molecular weight is 495 g/mol. The molecule has 3 rings (SSSR count). The number of thiocarbonyl (C=S) groups is 1. The summed E-state index contributed by atoms with van der Waals surface area (Å²) in [6.45, 7) is 0.143. The number of nitro groups is 1. The third kappa shape index (κ3) is 8.41. The van der Waals surface area contributed by atoms with Crippen LogP contribution in [-0.2, 0) is 11.2 Å². The molecule has 10 nitrogen and oxygen atoms in total. The summed E-state index contributed by atoms with van der Waals surface area (Å²) in [5.41, 5.74) is 6.14. The number of rotatable bonds is 9. The number of amides is 2. The number of hydrazine groups is 1. The van der Waals surface area contributed by atoms with Crippen molar-refractivity contribution in [3.63, 3.8) is 0 Å². The largest absolute Gasteiger partial charge is 0.493 e. The second-order valence-corrected chi connectivity index (χ2v) is 7.51. The summed E-state index contributed by atoms with van der Waals surface area (Å²) in [5.74, 6) is -0.112. The molecule has 0 heterocycles. The molecule has 0 aliphatic heterocycles. The highest BCUT2D eigenvalue weighted by Gasteiger charge is 2.10. The summed E-state index contributed by atoms with van der Waals surface area (Å²) < 4.78 is 10.9. The molecule has 0 unspecified atom stereocenters. The molecule has 0 saturated carbocycles. The van der Waals surface area contributed by atoms with Crippen molar-refractivity contribution in [2.24, 2.45) is 0 Å². The summed E-state index contributed by atoms with van der Waals surface area (Å²) in [6.07, 6.45) is 0.771. The number of carbonyl (C=O) groups excluding carboxylic acids is 2. The van der Waals surface area contributed by atoms with Crippen molar-refractivity contribution < 1.29 is 24.0 Å². The first-order valence-electron chi connectivity index (χ1n) is 10.4. The minimum atomic E-state index is -0.572. The Morgan fingerprint density at radius 1 is 0.857 bits per heavy atom. The second kappa shape index (κ2) is 12.7. The van der Waals surface area contributed by atoms with E-state index in [2.05, 4.69) is 16.2 Å². The SMILES string of the molecule is O=C(COc1ccc([N+](=O)[O-])cc1)NNC(=S)NC(=O)c1ccc(OCCc2ccccc2)cc1. The van der Waals surface area contributed by atoms with E-state index in [4.69, 9.17) is 21.7 Å². The van der Waals surface area contributed by atoms with Gasteiger partial charge in [-0.2, -0.15) is 0 Å². The van der Waals surface area contributed by atoms with E-state index in [1.165, 1.54) is 29.8 Å². The maximum absolute atomic E-state index is 12.3. The molecule has 3 aromatic rings. The molecule has 3 aromatic carbocycles. The van der Waals surface area contributed by atoms with Gasteiger partial charge in [-0.05, 0) is 54.2 Å². The van der Waals surface area contributed by atoms with Crippen LogP contribution < -0.4 is 25.6 Å². The predicted octanol–water partition coefficient (Wildman–Crippen LogP) is 2.93. The van der Waals surface area contributed by atoms with Crippen LogP contribution in [0, 0.1) is 10.1 Å². The fourth-order valence-corrected chi connectivity index (χ4v) is 2.96. The number of ether oxygens (including phenoxy) is 2. The molecular formula is C24H22N4O6S. The first kappa shape index (κ1) is 25.1. The summed E-state index contributed by atoms with van der Waals surface area (Å²) in [4.78, 5) is 34.3. The van der Waals surface area contributed by atoms with Gasteiger partial charge in [0, 0.05) is 24.1 Å². The Hall–Kier alpha value is -4.51. The Kier molecular flexibility index (Phi) is 9.08. The Balaban J connectivity index is 1.35. The van der Waals surface area contributed by atoms with E-state index in [9.17, 15) is 19.7 Å². The van der Waals surface area contributed by atoms with Crippen LogP contribution in [0.1, 0.15) is 15.9 Å². The van der Waals surface area contributed by atoms with Crippen LogP contribution in [0.5, 0.6) is 11.5 Å². The van der Waals surface area contributed by atoms with E-state index in [-0.39, 0.29) is 23.2 Å². The number of nitrogens with zero attached hydrogens (tertiary/aromatic N) is 1. The molecule has 11 heteroatoms. The standard InChI is InChI=1S/C24H22N4O6S/c29-22(16-34-21-12-8-19(9-13-21)28(31)32)26-27-24(35)25-23(30)18-6-10-20(11-7-18)33-15-14-17-4-2-1-3-5-17/h1-13H,14-16H2,(H,26,29)(H2,25,27,30,35). The molecule has 2 amide bonds. The lowest BCUT2D eigenvalue weighted by atomic mass is 10.2. The maximum atomic E-state index is 12.3. The zero-order valence-corrected chi connectivity index (χ0v) is 19.2. The summed E-state index contributed by atoms with van der Waals surface area (Å²) in [5, 5.41) is 13.0. The summed E-state index contributed by atoms with van der Waals surface area (Å²) in [6, 6.07) is 21.8. The minimum absolute atomic E-state index is 0.0882. The van der Waals surface area contributed by atoms with E-state index in [0.717, 1.165) is 6.42 Å². The molecule has 0 radical (unpaired) electrons. The highest BCUT2D eigenvalue weighted by atomic mass is 32.1. The predicted molar refractivity (Wildman–Crippen MR) is 132 cm³/mol. The number of carbonyl (C=O) groups is 2. The topological polar surface area (TPSA) is 132 Å².